The smallest absolute Gasteiger partial charge is 0.240 e. The molecule has 0 aliphatic carbocycles. The van der Waals surface area contributed by atoms with E-state index < -0.39 is 0 Å². The Morgan fingerprint density at radius 3 is 3.12 bits per heavy atom. The number of hydrogen-bond acceptors (Lipinski definition) is 6. The number of fused-ring (bicyclic) bond motifs is 1. The first-order chi connectivity index (χ1) is 11.7. The van der Waals surface area contributed by atoms with Crippen molar-refractivity contribution >= 4 is 33.3 Å². The number of amides is 1. The van der Waals surface area contributed by atoms with E-state index in [9.17, 15) is 4.79 Å². The van der Waals surface area contributed by atoms with Gasteiger partial charge in [-0.1, -0.05) is 17.3 Å². The monoisotopic (exact) mass is 342 g/mol. The maximum Gasteiger partial charge on any atom is 0.240 e. The van der Waals surface area contributed by atoms with Crippen molar-refractivity contribution in [2.45, 2.75) is 25.8 Å². The van der Waals surface area contributed by atoms with Crippen molar-refractivity contribution in [3.05, 3.63) is 41.0 Å². The summed E-state index contributed by atoms with van der Waals surface area (Å²) in [6.07, 6.45) is 2.11. The molecule has 2 aromatic heterocycles. The number of anilines is 1. The van der Waals surface area contributed by atoms with Gasteiger partial charge in [0.25, 0.3) is 0 Å². The second-order valence-electron chi connectivity index (χ2n) is 6.03. The normalized spacial score (nSPS) is 18.3. The second kappa shape index (κ2) is 6.33. The fourth-order valence-corrected chi connectivity index (χ4v) is 4.25. The van der Waals surface area contributed by atoms with Crippen LogP contribution in [0.4, 0.5) is 5.88 Å². The number of likely N-dealkylation sites (tertiary alicyclic amines) is 1. The van der Waals surface area contributed by atoms with Gasteiger partial charge in [0, 0.05) is 6.07 Å². The van der Waals surface area contributed by atoms with Gasteiger partial charge in [-0.2, -0.15) is 0 Å². The molecule has 24 heavy (non-hydrogen) atoms. The van der Waals surface area contributed by atoms with Crippen LogP contribution in [0.1, 0.15) is 29.6 Å². The van der Waals surface area contributed by atoms with Gasteiger partial charge in [0.15, 0.2) is 0 Å². The molecule has 3 heterocycles. The minimum Gasteiger partial charge on any atom is -0.338 e. The molecule has 6 nitrogen and oxygen atoms in total. The molecule has 4 rings (SSSR count). The number of hydrogen-bond donors (Lipinski definition) is 1. The summed E-state index contributed by atoms with van der Waals surface area (Å²) < 4.78 is 6.24. The lowest BCUT2D eigenvalue weighted by Gasteiger charge is -2.21. The molecule has 1 fully saturated rings. The molecule has 0 spiro atoms. The quantitative estimate of drug-likeness (QED) is 0.787. The fourth-order valence-electron chi connectivity index (χ4n) is 3.11. The molecule has 1 aliphatic heterocycles. The summed E-state index contributed by atoms with van der Waals surface area (Å²) in [7, 11) is 0. The van der Waals surface area contributed by atoms with E-state index in [4.69, 9.17) is 9.51 Å². The van der Waals surface area contributed by atoms with Crippen LogP contribution < -0.4 is 5.32 Å². The van der Waals surface area contributed by atoms with Gasteiger partial charge in [-0.05, 0) is 38.4 Å². The lowest BCUT2D eigenvalue weighted by molar-refractivity contribution is -0.117. The number of aromatic nitrogens is 2. The molecule has 0 saturated carbocycles. The summed E-state index contributed by atoms with van der Waals surface area (Å²) in [5, 5.41) is 7.63. The minimum atomic E-state index is -0.0841. The average Bonchev–Trinajstić information content (AvgIpc) is 3.26. The van der Waals surface area contributed by atoms with Crippen LogP contribution in [0.2, 0.25) is 0 Å². The number of benzene rings is 1. The van der Waals surface area contributed by atoms with Crippen molar-refractivity contribution in [3.63, 3.8) is 0 Å². The van der Waals surface area contributed by atoms with Crippen LogP contribution in [0.15, 0.2) is 34.9 Å². The van der Waals surface area contributed by atoms with Gasteiger partial charge in [-0.15, -0.1) is 11.3 Å². The molecule has 3 aromatic rings. The highest BCUT2D eigenvalue weighted by molar-refractivity contribution is 7.18. The van der Waals surface area contributed by atoms with Crippen LogP contribution in [-0.2, 0) is 4.79 Å². The van der Waals surface area contributed by atoms with Gasteiger partial charge in [0.05, 0.1) is 28.5 Å². The predicted molar refractivity (Wildman–Crippen MR) is 93.0 cm³/mol. The number of para-hydroxylation sites is 1. The third-order valence-corrected chi connectivity index (χ3v) is 5.33. The number of aryl methyl sites for hydroxylation is 1. The highest BCUT2D eigenvalue weighted by atomic mass is 32.1. The number of nitrogens with one attached hydrogen (secondary N) is 1. The van der Waals surface area contributed by atoms with E-state index >= 15 is 0 Å². The minimum absolute atomic E-state index is 0.0841. The summed E-state index contributed by atoms with van der Waals surface area (Å²) in [5.74, 6) is 0.312. The number of nitrogens with zero attached hydrogens (tertiary/aromatic N) is 3. The third-order valence-electron chi connectivity index (χ3n) is 4.20. The van der Waals surface area contributed by atoms with E-state index in [1.165, 1.54) is 4.70 Å². The van der Waals surface area contributed by atoms with E-state index in [0.29, 0.717) is 12.4 Å². The summed E-state index contributed by atoms with van der Waals surface area (Å²) in [4.78, 5) is 19.2. The van der Waals surface area contributed by atoms with Gasteiger partial charge in [-0.25, -0.2) is 4.98 Å². The van der Waals surface area contributed by atoms with Crippen LogP contribution in [0.25, 0.3) is 10.2 Å². The van der Waals surface area contributed by atoms with Gasteiger partial charge in [0.1, 0.15) is 5.01 Å². The van der Waals surface area contributed by atoms with E-state index in [-0.39, 0.29) is 11.9 Å². The van der Waals surface area contributed by atoms with Gasteiger partial charge >= 0.3 is 0 Å². The molecule has 0 radical (unpaired) electrons. The van der Waals surface area contributed by atoms with E-state index in [2.05, 4.69) is 21.4 Å². The molecule has 1 atom stereocenters. The zero-order valence-corrected chi connectivity index (χ0v) is 14.2. The number of rotatable bonds is 4. The zero-order chi connectivity index (χ0) is 16.5. The van der Waals surface area contributed by atoms with E-state index in [1.807, 2.05) is 25.1 Å². The molecular formula is C17H18N4O2S. The first kappa shape index (κ1) is 15.3. The van der Waals surface area contributed by atoms with Gasteiger partial charge in [-0.3, -0.25) is 15.0 Å². The molecule has 1 amide bonds. The molecule has 1 aromatic carbocycles. The Labute approximate surface area is 143 Å². The fraction of sp³-hybridized carbons (Fsp3) is 0.353. The molecule has 1 unspecified atom stereocenters. The van der Waals surface area contributed by atoms with Crippen molar-refractivity contribution < 1.29 is 9.32 Å². The molecule has 1 aliphatic rings. The maximum absolute atomic E-state index is 12.3. The molecule has 7 heteroatoms. The standard InChI is InChI=1S/C17H18N4O2S/c1-11-9-16(23-20-11)19-15(22)10-21-8-4-6-13(21)17-18-12-5-2-3-7-14(12)24-17/h2-3,5,7,9,13H,4,6,8,10H2,1H3,(H,19,22). The van der Waals surface area contributed by atoms with Crippen molar-refractivity contribution in [1.29, 1.82) is 0 Å². The summed E-state index contributed by atoms with van der Waals surface area (Å²) in [6.45, 7) is 3.06. The van der Waals surface area contributed by atoms with Gasteiger partial charge in [0.2, 0.25) is 11.8 Å². The average molecular weight is 342 g/mol. The van der Waals surface area contributed by atoms with Crippen LogP contribution in [-0.4, -0.2) is 34.0 Å². The Bertz CT molecular complexity index is 839. The zero-order valence-electron chi connectivity index (χ0n) is 13.4. The maximum atomic E-state index is 12.3. The number of carbonyl (C=O) groups is 1. The van der Waals surface area contributed by atoms with E-state index in [0.717, 1.165) is 35.6 Å². The molecule has 1 N–H and O–H groups in total. The van der Waals surface area contributed by atoms with Crippen LogP contribution in [0.5, 0.6) is 0 Å². The third kappa shape index (κ3) is 3.05. The van der Waals surface area contributed by atoms with Crippen LogP contribution in [0.3, 0.4) is 0 Å². The Kier molecular flexibility index (Phi) is 4.03. The Hall–Kier alpha value is -2.25. The van der Waals surface area contributed by atoms with Gasteiger partial charge < -0.3 is 4.52 Å². The summed E-state index contributed by atoms with van der Waals surface area (Å²) in [5.41, 5.74) is 1.78. The summed E-state index contributed by atoms with van der Waals surface area (Å²) in [6, 6.07) is 10.1. The molecule has 1 saturated heterocycles. The second-order valence-corrected chi connectivity index (χ2v) is 7.09. The first-order valence-electron chi connectivity index (χ1n) is 8.02. The highest BCUT2D eigenvalue weighted by Crippen LogP contribution is 2.36. The van der Waals surface area contributed by atoms with Crippen molar-refractivity contribution in [3.8, 4) is 0 Å². The van der Waals surface area contributed by atoms with Crippen LogP contribution in [0, 0.1) is 6.92 Å². The Morgan fingerprint density at radius 2 is 2.33 bits per heavy atom. The van der Waals surface area contributed by atoms with E-state index in [1.54, 1.807) is 17.4 Å². The predicted octanol–water partition coefficient (Wildman–Crippen LogP) is 3.37. The largest absolute Gasteiger partial charge is 0.338 e. The summed E-state index contributed by atoms with van der Waals surface area (Å²) >= 11 is 1.72. The Morgan fingerprint density at radius 1 is 1.46 bits per heavy atom. The van der Waals surface area contributed by atoms with Crippen molar-refractivity contribution in [2.24, 2.45) is 0 Å². The lowest BCUT2D eigenvalue weighted by Crippen LogP contribution is -2.32. The SMILES string of the molecule is Cc1cc(NC(=O)CN2CCCC2c2nc3ccccc3s2)on1. The van der Waals surface area contributed by atoms with Crippen molar-refractivity contribution in [2.75, 3.05) is 18.4 Å². The van der Waals surface area contributed by atoms with Crippen LogP contribution >= 0.6 is 11.3 Å². The first-order valence-corrected chi connectivity index (χ1v) is 8.83. The highest BCUT2D eigenvalue weighted by Gasteiger charge is 2.30. The Balaban J connectivity index is 1.47. The lowest BCUT2D eigenvalue weighted by atomic mass is 10.2. The number of thiazole rings is 1. The molecule has 124 valence electrons. The topological polar surface area (TPSA) is 71.3 Å². The molecular weight excluding hydrogens is 324 g/mol. The molecule has 0 bridgehead atoms. The number of carbonyl (C=O) groups excluding carboxylic acids is 1. The van der Waals surface area contributed by atoms with Crippen molar-refractivity contribution in [1.82, 2.24) is 15.0 Å².